The number of rotatable bonds is 2. The fraction of sp³-hybridized carbons (Fsp3) is 0.727. The molecule has 3 heteroatoms. The average Bonchev–Trinajstić information content (AvgIpc) is 2.56. The van der Waals surface area contributed by atoms with Crippen molar-refractivity contribution in [3.63, 3.8) is 0 Å². The number of aliphatic hydroxyl groups is 1. The Morgan fingerprint density at radius 2 is 2.07 bits per heavy atom. The van der Waals surface area contributed by atoms with Crippen molar-refractivity contribution in [3.8, 4) is 0 Å². The van der Waals surface area contributed by atoms with Crippen LogP contribution in [-0.2, 0) is 4.79 Å². The Morgan fingerprint density at radius 3 is 2.71 bits per heavy atom. The highest BCUT2D eigenvalue weighted by molar-refractivity contribution is 5.92. The van der Waals surface area contributed by atoms with Gasteiger partial charge in [-0.1, -0.05) is 12.8 Å². The number of allylic oxidation sites excluding steroid dienone is 2. The van der Waals surface area contributed by atoms with Gasteiger partial charge in [-0.15, -0.1) is 0 Å². The molecule has 1 saturated carbocycles. The highest BCUT2D eigenvalue weighted by atomic mass is 16.3. The lowest BCUT2D eigenvalue weighted by molar-refractivity contribution is -0.114. The molecule has 0 aliphatic heterocycles. The number of carbonyl (C=O) groups is 1. The van der Waals surface area contributed by atoms with Gasteiger partial charge in [-0.2, -0.15) is 0 Å². The Labute approximate surface area is 84.2 Å². The summed E-state index contributed by atoms with van der Waals surface area (Å²) in [4.78, 5) is 11.0. The van der Waals surface area contributed by atoms with Gasteiger partial charge in [0.15, 0.2) is 5.78 Å². The molecule has 0 heterocycles. The Balaban J connectivity index is 1.89. The minimum atomic E-state index is -0.236. The van der Waals surface area contributed by atoms with Gasteiger partial charge in [0.1, 0.15) is 0 Å². The summed E-state index contributed by atoms with van der Waals surface area (Å²) < 4.78 is 0. The second kappa shape index (κ2) is 4.13. The second-order valence-electron chi connectivity index (χ2n) is 4.24. The first-order chi connectivity index (χ1) is 6.75. The monoisotopic (exact) mass is 195 g/mol. The van der Waals surface area contributed by atoms with Crippen LogP contribution in [0.5, 0.6) is 0 Å². The number of ketones is 1. The minimum absolute atomic E-state index is 0.167. The van der Waals surface area contributed by atoms with Gasteiger partial charge in [-0.3, -0.25) is 4.79 Å². The average molecular weight is 195 g/mol. The topological polar surface area (TPSA) is 49.3 Å². The van der Waals surface area contributed by atoms with Gasteiger partial charge in [0.25, 0.3) is 0 Å². The molecule has 0 aromatic heterocycles. The van der Waals surface area contributed by atoms with Gasteiger partial charge in [0.2, 0.25) is 0 Å². The second-order valence-corrected chi connectivity index (χ2v) is 4.24. The van der Waals surface area contributed by atoms with Gasteiger partial charge in [-0.05, 0) is 19.3 Å². The Bertz CT molecular complexity index is 260. The van der Waals surface area contributed by atoms with E-state index in [2.05, 4.69) is 5.32 Å². The SMILES string of the molecule is O=C1C=C(NC2CCCCC2O)CC1. The van der Waals surface area contributed by atoms with Gasteiger partial charge in [0, 0.05) is 18.2 Å². The van der Waals surface area contributed by atoms with Crippen molar-refractivity contribution in [3.05, 3.63) is 11.8 Å². The van der Waals surface area contributed by atoms with E-state index in [4.69, 9.17) is 0 Å². The molecule has 2 aliphatic carbocycles. The first-order valence-electron chi connectivity index (χ1n) is 5.44. The molecule has 0 radical (unpaired) electrons. The molecular weight excluding hydrogens is 178 g/mol. The van der Waals surface area contributed by atoms with Crippen molar-refractivity contribution in [2.45, 2.75) is 50.7 Å². The lowest BCUT2D eigenvalue weighted by Crippen LogP contribution is -2.41. The summed E-state index contributed by atoms with van der Waals surface area (Å²) in [7, 11) is 0. The third-order valence-electron chi connectivity index (χ3n) is 3.08. The maximum Gasteiger partial charge on any atom is 0.157 e. The van der Waals surface area contributed by atoms with Crippen molar-refractivity contribution in [2.24, 2.45) is 0 Å². The highest BCUT2D eigenvalue weighted by Gasteiger charge is 2.24. The molecule has 1 fully saturated rings. The summed E-state index contributed by atoms with van der Waals surface area (Å²) >= 11 is 0. The molecule has 3 nitrogen and oxygen atoms in total. The predicted molar refractivity (Wildman–Crippen MR) is 53.7 cm³/mol. The highest BCUT2D eigenvalue weighted by Crippen LogP contribution is 2.21. The molecule has 0 bridgehead atoms. The minimum Gasteiger partial charge on any atom is -0.391 e. The largest absolute Gasteiger partial charge is 0.391 e. The van der Waals surface area contributed by atoms with Crippen LogP contribution in [0.25, 0.3) is 0 Å². The smallest absolute Gasteiger partial charge is 0.157 e. The zero-order valence-corrected chi connectivity index (χ0v) is 8.33. The number of aliphatic hydroxyl groups excluding tert-OH is 1. The number of hydrogen-bond donors (Lipinski definition) is 2. The zero-order chi connectivity index (χ0) is 9.97. The molecular formula is C11H17NO2. The van der Waals surface area contributed by atoms with Crippen LogP contribution in [0.3, 0.4) is 0 Å². The molecule has 2 rings (SSSR count). The molecule has 2 aliphatic rings. The molecule has 0 saturated heterocycles. The predicted octanol–water partition coefficient (Wildman–Crippen LogP) is 1.13. The Morgan fingerprint density at radius 1 is 1.29 bits per heavy atom. The van der Waals surface area contributed by atoms with Crippen molar-refractivity contribution in [2.75, 3.05) is 0 Å². The van der Waals surface area contributed by atoms with E-state index in [1.54, 1.807) is 6.08 Å². The molecule has 0 spiro atoms. The summed E-state index contributed by atoms with van der Waals surface area (Å²) in [6, 6.07) is 0.167. The number of carbonyl (C=O) groups excluding carboxylic acids is 1. The van der Waals surface area contributed by atoms with Crippen LogP contribution < -0.4 is 5.32 Å². The van der Waals surface area contributed by atoms with Crippen LogP contribution in [0.4, 0.5) is 0 Å². The van der Waals surface area contributed by atoms with Crippen molar-refractivity contribution < 1.29 is 9.90 Å². The van der Waals surface area contributed by atoms with Crippen molar-refractivity contribution in [1.29, 1.82) is 0 Å². The van der Waals surface area contributed by atoms with E-state index in [0.29, 0.717) is 6.42 Å². The molecule has 2 N–H and O–H groups in total. The number of hydrogen-bond acceptors (Lipinski definition) is 3. The lowest BCUT2D eigenvalue weighted by Gasteiger charge is -2.29. The first kappa shape index (κ1) is 9.71. The summed E-state index contributed by atoms with van der Waals surface area (Å²) in [5, 5.41) is 13.0. The molecule has 2 unspecified atom stereocenters. The summed E-state index contributed by atoms with van der Waals surface area (Å²) in [5.41, 5.74) is 1.01. The lowest BCUT2D eigenvalue weighted by atomic mass is 9.92. The molecule has 0 amide bonds. The van der Waals surface area contributed by atoms with E-state index < -0.39 is 0 Å². The van der Waals surface area contributed by atoms with E-state index in [0.717, 1.165) is 31.4 Å². The standard InChI is InChI=1S/C11H17NO2/c13-9-6-5-8(7-9)12-10-3-1-2-4-11(10)14/h7,10-12,14H,1-6H2. The summed E-state index contributed by atoms with van der Waals surface area (Å²) in [6.45, 7) is 0. The third-order valence-corrected chi connectivity index (χ3v) is 3.08. The van der Waals surface area contributed by atoms with Crippen LogP contribution in [0.15, 0.2) is 11.8 Å². The summed E-state index contributed by atoms with van der Waals surface area (Å²) in [6.07, 6.45) is 7.10. The van der Waals surface area contributed by atoms with E-state index in [1.165, 1.54) is 6.42 Å². The van der Waals surface area contributed by atoms with E-state index >= 15 is 0 Å². The van der Waals surface area contributed by atoms with Gasteiger partial charge >= 0.3 is 0 Å². The van der Waals surface area contributed by atoms with E-state index in [9.17, 15) is 9.90 Å². The molecule has 0 aromatic carbocycles. The molecule has 2 atom stereocenters. The quantitative estimate of drug-likeness (QED) is 0.694. The first-order valence-corrected chi connectivity index (χ1v) is 5.44. The van der Waals surface area contributed by atoms with Crippen LogP contribution in [0.2, 0.25) is 0 Å². The van der Waals surface area contributed by atoms with Gasteiger partial charge in [0.05, 0.1) is 12.1 Å². The van der Waals surface area contributed by atoms with Gasteiger partial charge < -0.3 is 10.4 Å². The maximum atomic E-state index is 11.0. The van der Waals surface area contributed by atoms with Crippen molar-refractivity contribution in [1.82, 2.24) is 5.32 Å². The van der Waals surface area contributed by atoms with Crippen molar-refractivity contribution >= 4 is 5.78 Å². The maximum absolute atomic E-state index is 11.0. The third kappa shape index (κ3) is 2.15. The molecule has 14 heavy (non-hydrogen) atoms. The van der Waals surface area contributed by atoms with Gasteiger partial charge in [-0.25, -0.2) is 0 Å². The fourth-order valence-electron chi connectivity index (χ4n) is 2.23. The van der Waals surface area contributed by atoms with Crippen LogP contribution in [0, 0.1) is 0 Å². The van der Waals surface area contributed by atoms with E-state index in [1.807, 2.05) is 0 Å². The Kier molecular flexibility index (Phi) is 2.87. The fourth-order valence-corrected chi connectivity index (χ4v) is 2.23. The van der Waals surface area contributed by atoms with E-state index in [-0.39, 0.29) is 17.9 Å². The normalized spacial score (nSPS) is 32.9. The van der Waals surface area contributed by atoms with Crippen LogP contribution in [-0.4, -0.2) is 23.0 Å². The van der Waals surface area contributed by atoms with Crippen LogP contribution >= 0.6 is 0 Å². The zero-order valence-electron chi connectivity index (χ0n) is 8.33. The molecule has 0 aromatic rings. The van der Waals surface area contributed by atoms with Crippen LogP contribution in [0.1, 0.15) is 38.5 Å². The Hall–Kier alpha value is -0.830. The summed E-state index contributed by atoms with van der Waals surface area (Å²) in [5.74, 6) is 0.206. The molecule has 78 valence electrons. The number of nitrogens with one attached hydrogen (secondary N) is 1.